The van der Waals surface area contributed by atoms with Crippen molar-refractivity contribution < 1.29 is 4.79 Å². The third-order valence-electron chi connectivity index (χ3n) is 3.07. The average molecular weight is 255 g/mol. The number of para-hydroxylation sites is 1. The molecule has 1 aromatic rings. The molecule has 1 heterocycles. The van der Waals surface area contributed by atoms with E-state index in [1.54, 1.807) is 0 Å². The first-order chi connectivity index (χ1) is 7.77. The molecule has 0 bridgehead atoms. The fourth-order valence-corrected chi connectivity index (χ4v) is 2.02. The minimum absolute atomic E-state index is 0. The second-order valence-electron chi connectivity index (χ2n) is 4.35. The van der Waals surface area contributed by atoms with Gasteiger partial charge >= 0.3 is 0 Å². The number of nitrogens with one attached hydrogen (secondary N) is 2. The summed E-state index contributed by atoms with van der Waals surface area (Å²) in [4.78, 5) is 12.0. The molecule has 1 aliphatic rings. The van der Waals surface area contributed by atoms with Gasteiger partial charge in [0.1, 0.15) is 0 Å². The summed E-state index contributed by atoms with van der Waals surface area (Å²) in [5.41, 5.74) is 2.04. The van der Waals surface area contributed by atoms with Gasteiger partial charge in [-0.1, -0.05) is 18.2 Å². The molecule has 3 nitrogen and oxygen atoms in total. The molecule has 1 aliphatic heterocycles. The quantitative estimate of drug-likeness (QED) is 0.851. The van der Waals surface area contributed by atoms with E-state index in [1.807, 2.05) is 31.2 Å². The second kappa shape index (κ2) is 6.62. The van der Waals surface area contributed by atoms with Crippen LogP contribution in [0.5, 0.6) is 0 Å². The topological polar surface area (TPSA) is 41.1 Å². The Balaban J connectivity index is 0.00000144. The number of hydrogen-bond donors (Lipinski definition) is 2. The van der Waals surface area contributed by atoms with Crippen LogP contribution >= 0.6 is 12.4 Å². The minimum atomic E-state index is 0. The number of benzene rings is 1. The average Bonchev–Trinajstić information content (AvgIpc) is 2.33. The van der Waals surface area contributed by atoms with Crippen molar-refractivity contribution in [2.45, 2.75) is 19.8 Å². The fraction of sp³-hybridized carbons (Fsp3) is 0.462. The second-order valence-corrected chi connectivity index (χ2v) is 4.35. The predicted molar refractivity (Wildman–Crippen MR) is 72.7 cm³/mol. The van der Waals surface area contributed by atoms with Crippen molar-refractivity contribution in [3.63, 3.8) is 0 Å². The Bertz CT molecular complexity index is 375. The van der Waals surface area contributed by atoms with Crippen LogP contribution in [0.15, 0.2) is 24.3 Å². The molecule has 0 saturated carbocycles. The third-order valence-corrected chi connectivity index (χ3v) is 3.07. The van der Waals surface area contributed by atoms with Crippen LogP contribution in [0.25, 0.3) is 0 Å². The van der Waals surface area contributed by atoms with E-state index in [-0.39, 0.29) is 24.2 Å². The third kappa shape index (κ3) is 3.72. The maximum Gasteiger partial charge on any atom is 0.228 e. The Morgan fingerprint density at radius 2 is 2.18 bits per heavy atom. The lowest BCUT2D eigenvalue weighted by atomic mass is 9.98. The van der Waals surface area contributed by atoms with Gasteiger partial charge in [0.15, 0.2) is 0 Å². The maximum atomic E-state index is 12.0. The molecular weight excluding hydrogens is 236 g/mol. The lowest BCUT2D eigenvalue weighted by molar-refractivity contribution is -0.120. The van der Waals surface area contributed by atoms with Crippen LogP contribution in [0.2, 0.25) is 0 Å². The molecule has 0 aromatic heterocycles. The molecule has 4 heteroatoms. The monoisotopic (exact) mass is 254 g/mol. The summed E-state index contributed by atoms with van der Waals surface area (Å²) < 4.78 is 0. The number of amides is 1. The van der Waals surface area contributed by atoms with Crippen molar-refractivity contribution in [1.29, 1.82) is 0 Å². The number of aryl methyl sites for hydroxylation is 1. The van der Waals surface area contributed by atoms with Crippen molar-refractivity contribution in [1.82, 2.24) is 5.32 Å². The Labute approximate surface area is 108 Å². The number of halogens is 1. The van der Waals surface area contributed by atoms with Crippen LogP contribution in [0.1, 0.15) is 18.4 Å². The standard InChI is InChI=1S/C13H18N2O.ClH/c1-10-5-2-3-7-12(10)15-13(16)11-6-4-8-14-9-11;/h2-3,5,7,11,14H,4,6,8-9H2,1H3,(H,15,16);1H/t11-;/m1./s1. The van der Waals surface area contributed by atoms with E-state index in [2.05, 4.69) is 10.6 Å². The Hall–Kier alpha value is -1.06. The van der Waals surface area contributed by atoms with Gasteiger partial charge < -0.3 is 10.6 Å². The van der Waals surface area contributed by atoms with Gasteiger partial charge in [-0.2, -0.15) is 0 Å². The molecule has 1 fully saturated rings. The summed E-state index contributed by atoms with van der Waals surface area (Å²) in [6.07, 6.45) is 2.08. The highest BCUT2D eigenvalue weighted by Gasteiger charge is 2.20. The Kier molecular flexibility index (Phi) is 5.45. The van der Waals surface area contributed by atoms with Crippen molar-refractivity contribution >= 4 is 24.0 Å². The van der Waals surface area contributed by atoms with Gasteiger partial charge in [0.25, 0.3) is 0 Å². The van der Waals surface area contributed by atoms with E-state index in [4.69, 9.17) is 0 Å². The van der Waals surface area contributed by atoms with Gasteiger partial charge in [0, 0.05) is 12.2 Å². The molecule has 0 spiro atoms. The first-order valence-corrected chi connectivity index (χ1v) is 5.84. The summed E-state index contributed by atoms with van der Waals surface area (Å²) in [6.45, 7) is 3.85. The van der Waals surface area contributed by atoms with Gasteiger partial charge in [0.05, 0.1) is 5.92 Å². The molecule has 1 atom stereocenters. The molecule has 17 heavy (non-hydrogen) atoms. The number of hydrogen-bond acceptors (Lipinski definition) is 2. The molecule has 0 unspecified atom stereocenters. The predicted octanol–water partition coefficient (Wildman–Crippen LogP) is 2.35. The fourth-order valence-electron chi connectivity index (χ4n) is 2.02. The van der Waals surface area contributed by atoms with Gasteiger partial charge in [-0.3, -0.25) is 4.79 Å². The highest BCUT2D eigenvalue weighted by molar-refractivity contribution is 5.93. The molecule has 94 valence electrons. The largest absolute Gasteiger partial charge is 0.326 e. The van der Waals surface area contributed by atoms with Gasteiger partial charge in [-0.25, -0.2) is 0 Å². The van der Waals surface area contributed by atoms with Crippen LogP contribution in [0.4, 0.5) is 5.69 Å². The Morgan fingerprint density at radius 1 is 1.41 bits per heavy atom. The van der Waals surface area contributed by atoms with E-state index >= 15 is 0 Å². The van der Waals surface area contributed by atoms with E-state index in [0.29, 0.717) is 0 Å². The van der Waals surface area contributed by atoms with Crippen LogP contribution in [0.3, 0.4) is 0 Å². The summed E-state index contributed by atoms with van der Waals surface area (Å²) in [5, 5.41) is 6.26. The SMILES string of the molecule is Cc1ccccc1NC(=O)[C@@H]1CCCNC1.Cl. The van der Waals surface area contributed by atoms with Gasteiger partial charge in [0.2, 0.25) is 5.91 Å². The molecule has 1 aromatic carbocycles. The Morgan fingerprint density at radius 3 is 2.82 bits per heavy atom. The first-order valence-electron chi connectivity index (χ1n) is 5.84. The summed E-state index contributed by atoms with van der Waals surface area (Å²) in [6, 6.07) is 7.88. The summed E-state index contributed by atoms with van der Waals surface area (Å²) in [5.74, 6) is 0.259. The normalized spacial score (nSPS) is 19.2. The number of rotatable bonds is 2. The van der Waals surface area contributed by atoms with Crippen molar-refractivity contribution in [3.05, 3.63) is 29.8 Å². The van der Waals surface area contributed by atoms with E-state index < -0.39 is 0 Å². The maximum absolute atomic E-state index is 12.0. The molecule has 2 N–H and O–H groups in total. The number of anilines is 1. The lowest BCUT2D eigenvalue weighted by Crippen LogP contribution is -2.37. The molecule has 0 aliphatic carbocycles. The highest BCUT2D eigenvalue weighted by Crippen LogP contribution is 2.17. The molecule has 0 radical (unpaired) electrons. The zero-order valence-corrected chi connectivity index (χ0v) is 10.8. The summed E-state index contributed by atoms with van der Waals surface area (Å²) in [7, 11) is 0. The summed E-state index contributed by atoms with van der Waals surface area (Å²) >= 11 is 0. The lowest BCUT2D eigenvalue weighted by Gasteiger charge is -2.22. The number of piperidine rings is 1. The van der Waals surface area contributed by atoms with Crippen LogP contribution < -0.4 is 10.6 Å². The molecule has 1 amide bonds. The van der Waals surface area contributed by atoms with E-state index in [9.17, 15) is 4.79 Å². The molecule has 1 saturated heterocycles. The van der Waals surface area contributed by atoms with Gasteiger partial charge in [-0.15, -0.1) is 12.4 Å². The smallest absolute Gasteiger partial charge is 0.228 e. The van der Waals surface area contributed by atoms with Crippen LogP contribution in [-0.2, 0) is 4.79 Å². The van der Waals surface area contributed by atoms with E-state index in [0.717, 1.165) is 37.2 Å². The van der Waals surface area contributed by atoms with Crippen molar-refractivity contribution in [2.24, 2.45) is 5.92 Å². The van der Waals surface area contributed by atoms with Crippen LogP contribution in [-0.4, -0.2) is 19.0 Å². The number of carbonyl (C=O) groups excluding carboxylic acids is 1. The zero-order valence-electron chi connectivity index (χ0n) is 10.0. The van der Waals surface area contributed by atoms with Crippen LogP contribution in [0, 0.1) is 12.8 Å². The first kappa shape index (κ1) is 14.0. The molecular formula is C13H19ClN2O. The van der Waals surface area contributed by atoms with Crippen molar-refractivity contribution in [3.8, 4) is 0 Å². The van der Waals surface area contributed by atoms with Gasteiger partial charge in [-0.05, 0) is 37.9 Å². The van der Waals surface area contributed by atoms with Crippen molar-refractivity contribution in [2.75, 3.05) is 18.4 Å². The minimum Gasteiger partial charge on any atom is -0.326 e. The van der Waals surface area contributed by atoms with E-state index in [1.165, 1.54) is 0 Å². The molecule has 2 rings (SSSR count). The zero-order chi connectivity index (χ0) is 11.4. The number of carbonyl (C=O) groups is 1. The highest BCUT2D eigenvalue weighted by atomic mass is 35.5.